The lowest BCUT2D eigenvalue weighted by molar-refractivity contribution is -0.167. The summed E-state index contributed by atoms with van der Waals surface area (Å²) in [6.07, 6.45) is 2.04. The number of ether oxygens (including phenoxy) is 2. The maximum Gasteiger partial charge on any atom is 0.311 e. The molecule has 1 fully saturated rings. The number of benzene rings is 1. The zero-order valence-corrected chi connectivity index (χ0v) is 16.8. The van der Waals surface area contributed by atoms with Gasteiger partial charge >= 0.3 is 5.97 Å². The molecule has 0 aliphatic carbocycles. The topological polar surface area (TPSA) is 38.8 Å². The highest BCUT2D eigenvalue weighted by molar-refractivity contribution is 7.17. The van der Waals surface area contributed by atoms with Crippen LogP contribution in [0.25, 0.3) is 10.1 Å². The quantitative estimate of drug-likeness (QED) is 0.514. The van der Waals surface area contributed by atoms with Crippen molar-refractivity contribution in [3.8, 4) is 0 Å². The van der Waals surface area contributed by atoms with E-state index in [4.69, 9.17) is 9.47 Å². The number of nitrogens with zero attached hydrogens (tertiary/aromatic N) is 1. The molecule has 0 spiro atoms. The van der Waals surface area contributed by atoms with Gasteiger partial charge in [-0.1, -0.05) is 12.1 Å². The first-order valence-electron chi connectivity index (χ1n) is 9.39. The van der Waals surface area contributed by atoms with Gasteiger partial charge in [-0.2, -0.15) is 0 Å². The predicted octanol–water partition coefficient (Wildman–Crippen LogP) is 4.12. The van der Waals surface area contributed by atoms with Gasteiger partial charge < -0.3 is 9.47 Å². The molecule has 0 saturated carbocycles. The smallest absolute Gasteiger partial charge is 0.311 e. The van der Waals surface area contributed by atoms with E-state index in [1.807, 2.05) is 20.8 Å². The number of hydrogen-bond donors (Lipinski definition) is 0. The second-order valence-electron chi connectivity index (χ2n) is 8.05. The van der Waals surface area contributed by atoms with E-state index in [2.05, 4.69) is 34.5 Å². The molecule has 2 heterocycles. The van der Waals surface area contributed by atoms with Gasteiger partial charge in [0.1, 0.15) is 6.10 Å². The highest BCUT2D eigenvalue weighted by Crippen LogP contribution is 2.22. The monoisotopic (exact) mass is 375 g/mol. The van der Waals surface area contributed by atoms with E-state index < -0.39 is 5.41 Å². The summed E-state index contributed by atoms with van der Waals surface area (Å²) in [5.74, 6) is -0.105. The first-order valence-corrected chi connectivity index (χ1v) is 10.3. The van der Waals surface area contributed by atoms with E-state index in [0.717, 1.165) is 45.7 Å². The lowest BCUT2D eigenvalue weighted by atomic mass is 9.97. The van der Waals surface area contributed by atoms with Gasteiger partial charge in [-0.05, 0) is 62.1 Å². The summed E-state index contributed by atoms with van der Waals surface area (Å²) >= 11 is 1.78. The number of carbonyl (C=O) groups is 1. The normalized spacial score (nSPS) is 16.0. The average Bonchev–Trinajstić information content (AvgIpc) is 3.01. The fourth-order valence-electron chi connectivity index (χ4n) is 2.96. The van der Waals surface area contributed by atoms with Gasteiger partial charge in [0.25, 0.3) is 0 Å². The molecule has 0 radical (unpaired) electrons. The summed E-state index contributed by atoms with van der Waals surface area (Å²) in [5, 5.41) is 3.46. The van der Waals surface area contributed by atoms with E-state index >= 15 is 0 Å². The minimum atomic E-state index is -0.414. The molecule has 1 aromatic heterocycles. The van der Waals surface area contributed by atoms with Crippen LogP contribution >= 0.6 is 11.3 Å². The molecule has 0 unspecified atom stereocenters. The van der Waals surface area contributed by atoms with Crippen molar-refractivity contribution in [3.05, 3.63) is 35.2 Å². The molecule has 3 rings (SSSR count). The van der Waals surface area contributed by atoms with Crippen LogP contribution in [0.5, 0.6) is 0 Å². The zero-order chi connectivity index (χ0) is 18.6. The summed E-state index contributed by atoms with van der Waals surface area (Å²) < 4.78 is 12.6. The SMILES string of the molecule is CC(C)(C)C(=O)OC1CN(CCCOCCc2ccc3sccc3c2)C1. The molecule has 2 aromatic rings. The summed E-state index contributed by atoms with van der Waals surface area (Å²) in [4.78, 5) is 14.1. The Morgan fingerprint density at radius 1 is 1.23 bits per heavy atom. The largest absolute Gasteiger partial charge is 0.459 e. The molecule has 0 N–H and O–H groups in total. The molecular weight excluding hydrogens is 346 g/mol. The van der Waals surface area contributed by atoms with Crippen LogP contribution in [0.15, 0.2) is 29.6 Å². The van der Waals surface area contributed by atoms with Crippen molar-refractivity contribution in [1.82, 2.24) is 4.90 Å². The van der Waals surface area contributed by atoms with Crippen LogP contribution in [0.4, 0.5) is 0 Å². The van der Waals surface area contributed by atoms with Gasteiger partial charge in [0, 0.05) is 30.9 Å². The van der Waals surface area contributed by atoms with Gasteiger partial charge in [-0.25, -0.2) is 0 Å². The number of likely N-dealkylation sites (tertiary alicyclic amines) is 1. The van der Waals surface area contributed by atoms with E-state index in [-0.39, 0.29) is 12.1 Å². The van der Waals surface area contributed by atoms with Crippen LogP contribution in [0, 0.1) is 5.41 Å². The third-order valence-corrected chi connectivity index (χ3v) is 5.52. The molecule has 0 atom stereocenters. The lowest BCUT2D eigenvalue weighted by Gasteiger charge is -2.39. The molecule has 1 aliphatic rings. The number of rotatable bonds is 8. The van der Waals surface area contributed by atoms with E-state index in [1.54, 1.807) is 11.3 Å². The van der Waals surface area contributed by atoms with Crippen molar-refractivity contribution in [2.24, 2.45) is 5.41 Å². The highest BCUT2D eigenvalue weighted by Gasteiger charge is 2.33. The van der Waals surface area contributed by atoms with E-state index in [1.165, 1.54) is 15.6 Å². The number of thiophene rings is 1. The minimum Gasteiger partial charge on any atom is -0.459 e. The fourth-order valence-corrected chi connectivity index (χ4v) is 3.73. The minimum absolute atomic E-state index is 0.0645. The van der Waals surface area contributed by atoms with Gasteiger partial charge in [-0.3, -0.25) is 9.69 Å². The van der Waals surface area contributed by atoms with Crippen LogP contribution in [-0.2, 0) is 20.7 Å². The molecule has 4 nitrogen and oxygen atoms in total. The van der Waals surface area contributed by atoms with Gasteiger partial charge in [0.15, 0.2) is 0 Å². The van der Waals surface area contributed by atoms with Crippen molar-refractivity contribution in [2.45, 2.75) is 39.7 Å². The second kappa shape index (κ2) is 8.51. The Balaban J connectivity index is 1.23. The predicted molar refractivity (Wildman–Crippen MR) is 107 cm³/mol. The highest BCUT2D eigenvalue weighted by atomic mass is 32.1. The van der Waals surface area contributed by atoms with Crippen molar-refractivity contribution in [2.75, 3.05) is 32.8 Å². The Hall–Kier alpha value is -1.43. The Kier molecular flexibility index (Phi) is 6.33. The summed E-state index contributed by atoms with van der Waals surface area (Å²) in [6, 6.07) is 8.82. The summed E-state index contributed by atoms with van der Waals surface area (Å²) in [5.41, 5.74) is 0.921. The maximum absolute atomic E-state index is 11.8. The van der Waals surface area contributed by atoms with Gasteiger partial charge in [0.2, 0.25) is 0 Å². The number of fused-ring (bicyclic) bond motifs is 1. The fraction of sp³-hybridized carbons (Fsp3) is 0.571. The molecule has 26 heavy (non-hydrogen) atoms. The van der Waals surface area contributed by atoms with Crippen LogP contribution in [0.2, 0.25) is 0 Å². The van der Waals surface area contributed by atoms with Gasteiger partial charge in [-0.15, -0.1) is 11.3 Å². The summed E-state index contributed by atoms with van der Waals surface area (Å²) in [7, 11) is 0. The van der Waals surface area contributed by atoms with E-state index in [9.17, 15) is 4.79 Å². The number of carbonyl (C=O) groups excluding carboxylic acids is 1. The molecule has 142 valence electrons. The van der Waals surface area contributed by atoms with Crippen molar-refractivity contribution in [1.29, 1.82) is 0 Å². The number of hydrogen-bond acceptors (Lipinski definition) is 5. The number of esters is 1. The molecule has 0 amide bonds. The summed E-state index contributed by atoms with van der Waals surface area (Å²) in [6.45, 7) is 9.92. The van der Waals surface area contributed by atoms with Crippen LogP contribution in [0.1, 0.15) is 32.8 Å². The van der Waals surface area contributed by atoms with Crippen LogP contribution < -0.4 is 0 Å². The molecule has 0 bridgehead atoms. The van der Waals surface area contributed by atoms with Crippen LogP contribution in [-0.4, -0.2) is 49.8 Å². The van der Waals surface area contributed by atoms with Gasteiger partial charge in [0.05, 0.1) is 12.0 Å². The van der Waals surface area contributed by atoms with Crippen molar-refractivity contribution in [3.63, 3.8) is 0 Å². The first-order chi connectivity index (χ1) is 12.4. The molecule has 1 aromatic carbocycles. The Morgan fingerprint density at radius 2 is 2.04 bits per heavy atom. The third-order valence-electron chi connectivity index (χ3n) is 4.62. The lowest BCUT2D eigenvalue weighted by Crippen LogP contribution is -2.53. The van der Waals surface area contributed by atoms with Crippen molar-refractivity contribution >= 4 is 27.4 Å². The Bertz CT molecular complexity index is 728. The first kappa shape index (κ1) is 19.3. The molecular formula is C21H29NO3S. The van der Waals surface area contributed by atoms with E-state index in [0.29, 0.717) is 0 Å². The molecule has 1 saturated heterocycles. The Morgan fingerprint density at radius 3 is 2.81 bits per heavy atom. The zero-order valence-electron chi connectivity index (χ0n) is 16.0. The van der Waals surface area contributed by atoms with Crippen LogP contribution in [0.3, 0.4) is 0 Å². The van der Waals surface area contributed by atoms with Crippen molar-refractivity contribution < 1.29 is 14.3 Å². The standard InChI is InChI=1S/C21H29NO3S/c1-21(2,3)20(23)25-18-14-22(15-18)9-4-10-24-11-7-16-5-6-19-17(13-16)8-12-26-19/h5-6,8,12-13,18H,4,7,9-11,14-15H2,1-3H3. The maximum atomic E-state index is 11.8. The molecule has 1 aliphatic heterocycles. The average molecular weight is 376 g/mol. The molecule has 5 heteroatoms. The third kappa shape index (κ3) is 5.29. The Labute approximate surface area is 160 Å². The second-order valence-corrected chi connectivity index (χ2v) is 8.99.